The summed E-state index contributed by atoms with van der Waals surface area (Å²) in [5, 5.41) is 17.8. The molecule has 24 heavy (non-hydrogen) atoms. The zero-order valence-electron chi connectivity index (χ0n) is 12.4. The van der Waals surface area contributed by atoms with Crippen LogP contribution in [-0.4, -0.2) is 4.98 Å². The third-order valence-corrected chi connectivity index (χ3v) is 3.63. The minimum Gasteiger partial charge on any atom is -0.451 e. The Kier molecular flexibility index (Phi) is 3.12. The van der Waals surface area contributed by atoms with Crippen molar-refractivity contribution in [3.63, 3.8) is 0 Å². The molecule has 0 aliphatic heterocycles. The van der Waals surface area contributed by atoms with Gasteiger partial charge >= 0.3 is 0 Å². The van der Waals surface area contributed by atoms with E-state index in [1.165, 1.54) is 0 Å². The molecule has 4 rings (SSSR count). The maximum Gasteiger partial charge on any atom is 0.263 e. The molecular formula is C19H9N3O2. The van der Waals surface area contributed by atoms with E-state index >= 15 is 0 Å². The molecule has 0 unspecified atom stereocenters. The smallest absolute Gasteiger partial charge is 0.263 e. The van der Waals surface area contributed by atoms with Gasteiger partial charge < -0.3 is 8.83 Å². The van der Waals surface area contributed by atoms with Crippen molar-refractivity contribution in [3.05, 3.63) is 65.7 Å². The van der Waals surface area contributed by atoms with Gasteiger partial charge in [-0.2, -0.15) is 10.5 Å². The minimum atomic E-state index is 0.361. The van der Waals surface area contributed by atoms with Crippen LogP contribution in [0.25, 0.3) is 34.1 Å². The van der Waals surface area contributed by atoms with E-state index in [1.807, 2.05) is 18.2 Å². The molecule has 5 heteroatoms. The van der Waals surface area contributed by atoms with Crippen LogP contribution in [0.15, 0.2) is 63.4 Å². The van der Waals surface area contributed by atoms with Gasteiger partial charge in [0.25, 0.3) is 5.89 Å². The van der Waals surface area contributed by atoms with Gasteiger partial charge in [-0.3, -0.25) is 0 Å². The lowest BCUT2D eigenvalue weighted by Gasteiger charge is -1.96. The third kappa shape index (κ3) is 2.31. The number of nitriles is 2. The highest BCUT2D eigenvalue weighted by atomic mass is 16.4. The first-order chi connectivity index (χ1) is 11.8. The van der Waals surface area contributed by atoms with Crippen molar-refractivity contribution in [1.29, 1.82) is 10.5 Å². The number of hydrogen-bond acceptors (Lipinski definition) is 5. The Hall–Kier alpha value is -3.83. The summed E-state index contributed by atoms with van der Waals surface area (Å²) in [5.74, 6) is 1.53. The Labute approximate surface area is 137 Å². The molecule has 2 aromatic heterocycles. The summed E-state index contributed by atoms with van der Waals surface area (Å²) in [4.78, 5) is 4.37. The van der Waals surface area contributed by atoms with Crippen LogP contribution in [0.1, 0.15) is 11.1 Å². The van der Waals surface area contributed by atoms with Crippen LogP contribution in [0.5, 0.6) is 0 Å². The average molecular weight is 311 g/mol. The van der Waals surface area contributed by atoms with Crippen LogP contribution in [0, 0.1) is 22.7 Å². The quantitative estimate of drug-likeness (QED) is 0.544. The Morgan fingerprint density at radius 1 is 0.750 bits per heavy atom. The van der Waals surface area contributed by atoms with Crippen LogP contribution in [0.2, 0.25) is 0 Å². The van der Waals surface area contributed by atoms with Gasteiger partial charge in [0, 0.05) is 5.56 Å². The number of oxazole rings is 1. The maximum atomic E-state index is 8.94. The number of aromatic nitrogens is 1. The number of benzene rings is 2. The fourth-order valence-corrected chi connectivity index (χ4v) is 2.42. The van der Waals surface area contributed by atoms with Crippen molar-refractivity contribution in [2.45, 2.75) is 0 Å². The number of furan rings is 1. The van der Waals surface area contributed by atoms with Crippen molar-refractivity contribution in [2.75, 3.05) is 0 Å². The summed E-state index contributed by atoms with van der Waals surface area (Å²) < 4.78 is 11.5. The highest BCUT2D eigenvalue weighted by molar-refractivity contribution is 5.77. The summed E-state index contributed by atoms with van der Waals surface area (Å²) in [6, 6.07) is 20.0. The third-order valence-electron chi connectivity index (χ3n) is 3.63. The van der Waals surface area contributed by atoms with E-state index in [0.29, 0.717) is 39.6 Å². The first kappa shape index (κ1) is 13.8. The van der Waals surface area contributed by atoms with Crippen LogP contribution in [0.3, 0.4) is 0 Å². The largest absolute Gasteiger partial charge is 0.451 e. The molecule has 2 heterocycles. The summed E-state index contributed by atoms with van der Waals surface area (Å²) in [7, 11) is 0. The van der Waals surface area contributed by atoms with Crippen molar-refractivity contribution in [2.24, 2.45) is 0 Å². The van der Waals surface area contributed by atoms with Gasteiger partial charge in [-0.05, 0) is 54.6 Å². The number of nitrogens with zero attached hydrogens (tertiary/aromatic N) is 3. The first-order valence-corrected chi connectivity index (χ1v) is 7.18. The van der Waals surface area contributed by atoms with Crippen LogP contribution >= 0.6 is 0 Å². The lowest BCUT2D eigenvalue weighted by atomic mass is 10.1. The Bertz CT molecular complexity index is 1120. The normalized spacial score (nSPS) is 10.4. The van der Waals surface area contributed by atoms with Crippen molar-refractivity contribution in [1.82, 2.24) is 4.98 Å². The molecule has 0 bridgehead atoms. The van der Waals surface area contributed by atoms with Gasteiger partial charge in [0.05, 0.1) is 23.3 Å². The molecule has 0 fully saturated rings. The molecule has 112 valence electrons. The molecule has 0 amide bonds. The van der Waals surface area contributed by atoms with E-state index in [-0.39, 0.29) is 0 Å². The van der Waals surface area contributed by atoms with E-state index in [1.54, 1.807) is 36.4 Å². The second-order valence-corrected chi connectivity index (χ2v) is 5.17. The molecule has 2 aromatic carbocycles. The van der Waals surface area contributed by atoms with Gasteiger partial charge in [0.2, 0.25) is 0 Å². The van der Waals surface area contributed by atoms with Crippen LogP contribution < -0.4 is 0 Å². The molecule has 4 aromatic rings. The molecule has 0 N–H and O–H groups in total. The Balaban J connectivity index is 1.71. The molecule has 0 radical (unpaired) electrons. The van der Waals surface area contributed by atoms with Crippen molar-refractivity contribution >= 4 is 11.1 Å². The standard InChI is InChI=1S/C19H9N3O2/c20-10-12-1-4-14(5-2-12)16-7-8-18(23-16)19-22-15-9-13(11-21)3-6-17(15)24-19/h1-9H. The number of rotatable bonds is 2. The van der Waals surface area contributed by atoms with E-state index < -0.39 is 0 Å². The van der Waals surface area contributed by atoms with E-state index in [4.69, 9.17) is 19.4 Å². The molecule has 0 saturated heterocycles. The van der Waals surface area contributed by atoms with Crippen LogP contribution in [0.4, 0.5) is 0 Å². The monoisotopic (exact) mass is 311 g/mol. The summed E-state index contributed by atoms with van der Waals surface area (Å²) in [5.41, 5.74) is 3.20. The zero-order valence-corrected chi connectivity index (χ0v) is 12.4. The maximum absolute atomic E-state index is 8.94. The van der Waals surface area contributed by atoms with E-state index in [2.05, 4.69) is 17.1 Å². The van der Waals surface area contributed by atoms with Crippen molar-refractivity contribution in [3.8, 4) is 35.1 Å². The lowest BCUT2D eigenvalue weighted by Crippen LogP contribution is -1.76. The topological polar surface area (TPSA) is 86.8 Å². The Morgan fingerprint density at radius 3 is 2.21 bits per heavy atom. The molecule has 0 aliphatic carbocycles. The predicted molar refractivity (Wildman–Crippen MR) is 86.6 cm³/mol. The highest BCUT2D eigenvalue weighted by Crippen LogP contribution is 2.30. The second-order valence-electron chi connectivity index (χ2n) is 5.17. The fourth-order valence-electron chi connectivity index (χ4n) is 2.42. The van der Waals surface area contributed by atoms with E-state index in [9.17, 15) is 0 Å². The molecule has 0 aliphatic rings. The number of hydrogen-bond donors (Lipinski definition) is 0. The zero-order chi connectivity index (χ0) is 16.5. The molecule has 0 saturated carbocycles. The summed E-state index contributed by atoms with van der Waals surface area (Å²) in [6.45, 7) is 0. The van der Waals surface area contributed by atoms with Gasteiger partial charge in [-0.15, -0.1) is 0 Å². The SMILES string of the molecule is N#Cc1ccc(-c2ccc(-c3nc4cc(C#N)ccc4o3)o2)cc1. The van der Waals surface area contributed by atoms with Crippen LogP contribution in [-0.2, 0) is 0 Å². The first-order valence-electron chi connectivity index (χ1n) is 7.18. The van der Waals surface area contributed by atoms with Gasteiger partial charge in [0.1, 0.15) is 11.3 Å². The predicted octanol–water partition coefficient (Wildman–Crippen LogP) is 4.50. The highest BCUT2D eigenvalue weighted by Gasteiger charge is 2.13. The Morgan fingerprint density at radius 2 is 1.46 bits per heavy atom. The molecule has 5 nitrogen and oxygen atoms in total. The van der Waals surface area contributed by atoms with Crippen molar-refractivity contribution < 1.29 is 8.83 Å². The summed E-state index contributed by atoms with van der Waals surface area (Å²) >= 11 is 0. The average Bonchev–Trinajstić information content (AvgIpc) is 3.27. The van der Waals surface area contributed by atoms with Gasteiger partial charge in [-0.1, -0.05) is 0 Å². The minimum absolute atomic E-state index is 0.361. The van der Waals surface area contributed by atoms with Gasteiger partial charge in [0.15, 0.2) is 11.3 Å². The molecular weight excluding hydrogens is 302 g/mol. The second kappa shape index (κ2) is 5.42. The number of fused-ring (bicyclic) bond motifs is 1. The lowest BCUT2D eigenvalue weighted by molar-refractivity contribution is 0.543. The fraction of sp³-hybridized carbons (Fsp3) is 0. The molecule has 0 spiro atoms. The summed E-state index contributed by atoms with van der Waals surface area (Å²) in [6.07, 6.45) is 0. The van der Waals surface area contributed by atoms with E-state index in [0.717, 1.165) is 5.56 Å². The molecule has 0 atom stereocenters. The van der Waals surface area contributed by atoms with Gasteiger partial charge in [-0.25, -0.2) is 4.98 Å².